The molecular weight excluding hydrogens is 561 g/mol. The van der Waals surface area contributed by atoms with Crippen LogP contribution in [0, 0.1) is 5.82 Å². The Morgan fingerprint density at radius 2 is 2.00 bits per heavy atom. The van der Waals surface area contributed by atoms with Crippen molar-refractivity contribution in [3.63, 3.8) is 0 Å². The summed E-state index contributed by atoms with van der Waals surface area (Å²) in [5.74, 6) is 0.953. The summed E-state index contributed by atoms with van der Waals surface area (Å²) in [6, 6.07) is 18.6. The van der Waals surface area contributed by atoms with Crippen LogP contribution in [0.3, 0.4) is 0 Å². The molecule has 10 heteroatoms. The number of hydrogen-bond donors (Lipinski definition) is 2. The van der Waals surface area contributed by atoms with Gasteiger partial charge in [0.05, 0.1) is 17.7 Å². The van der Waals surface area contributed by atoms with E-state index in [1.54, 1.807) is 36.3 Å². The number of amides is 1. The van der Waals surface area contributed by atoms with Crippen molar-refractivity contribution in [2.45, 2.75) is 25.8 Å². The minimum absolute atomic E-state index is 0.0700. The van der Waals surface area contributed by atoms with Crippen molar-refractivity contribution in [3.8, 4) is 22.5 Å². The van der Waals surface area contributed by atoms with Gasteiger partial charge >= 0.3 is 0 Å². The first-order chi connectivity index (χ1) is 21.0. The molecule has 0 radical (unpaired) electrons. The molecule has 0 aliphatic carbocycles. The predicted molar refractivity (Wildman–Crippen MR) is 170 cm³/mol. The number of nitrogens with one attached hydrogen (secondary N) is 2. The van der Waals surface area contributed by atoms with Gasteiger partial charge in [-0.05, 0) is 78.4 Å². The number of pyridine rings is 1. The highest BCUT2D eigenvalue weighted by atomic mass is 32.2. The normalized spacial score (nSPS) is 14.9. The topological polar surface area (TPSA) is 87.5 Å². The molecule has 2 aliphatic heterocycles. The van der Waals surface area contributed by atoms with E-state index in [2.05, 4.69) is 45.8 Å². The molecule has 1 amide bonds. The highest BCUT2D eigenvalue weighted by Crippen LogP contribution is 2.37. The van der Waals surface area contributed by atoms with E-state index in [0.717, 1.165) is 47.8 Å². The van der Waals surface area contributed by atoms with E-state index in [1.807, 2.05) is 30.3 Å². The van der Waals surface area contributed by atoms with Gasteiger partial charge in [-0.15, -0.1) is 11.8 Å². The monoisotopic (exact) mass is 591 g/mol. The Labute approximate surface area is 253 Å². The van der Waals surface area contributed by atoms with Gasteiger partial charge in [-0.3, -0.25) is 4.79 Å². The van der Waals surface area contributed by atoms with E-state index in [4.69, 9.17) is 10.1 Å². The van der Waals surface area contributed by atoms with Crippen molar-refractivity contribution >= 4 is 40.5 Å². The van der Waals surface area contributed by atoms with E-state index in [1.165, 1.54) is 21.7 Å². The van der Waals surface area contributed by atoms with Gasteiger partial charge in [-0.1, -0.05) is 24.3 Å². The molecule has 0 saturated heterocycles. The molecule has 8 nitrogen and oxygen atoms in total. The Hall–Kier alpha value is -4.54. The number of nitrogens with zero attached hydrogens (tertiary/aromatic N) is 5. The zero-order chi connectivity index (χ0) is 29.3. The standard InChI is InChI=1S/C33H30FN7OS/c1-40-15-12-21-9-10-25(18-23(21)20-40)37-33-35-13-11-28(38-33)30-31(39-41-14-3-8-27(34)32(30)41)22-5-2-6-24(17-22)36-29(42)19-26-7-4-16-43-26/h2-3,5-11,13-14,17-18H,4,12,15-16,19-20H2,1H3,(H,36,42)(H,35,37,38). The van der Waals surface area contributed by atoms with E-state index in [9.17, 15) is 4.79 Å². The van der Waals surface area contributed by atoms with Crippen LogP contribution >= 0.6 is 11.8 Å². The molecule has 5 heterocycles. The SMILES string of the molecule is CN1CCc2ccc(Nc3nccc(-c4c(-c5cccc(NC(=O)CC6=CCCS6)c5)nn5cccc(F)c45)n3)cc2C1. The second-order valence-corrected chi connectivity index (χ2v) is 12.1. The number of anilines is 3. The number of aromatic nitrogens is 4. The van der Waals surface area contributed by atoms with Crippen LogP contribution in [0.5, 0.6) is 0 Å². The molecule has 216 valence electrons. The molecule has 5 aromatic rings. The molecule has 0 fully saturated rings. The van der Waals surface area contributed by atoms with Crippen LogP contribution in [0.25, 0.3) is 28.0 Å². The Morgan fingerprint density at radius 3 is 2.88 bits per heavy atom. The minimum Gasteiger partial charge on any atom is -0.326 e. The van der Waals surface area contributed by atoms with Crippen molar-refractivity contribution < 1.29 is 9.18 Å². The summed E-state index contributed by atoms with van der Waals surface area (Å²) in [5.41, 5.74) is 6.87. The van der Waals surface area contributed by atoms with Crippen LogP contribution in [-0.4, -0.2) is 49.7 Å². The van der Waals surface area contributed by atoms with Crippen molar-refractivity contribution in [2.75, 3.05) is 30.0 Å². The molecule has 0 unspecified atom stereocenters. The largest absolute Gasteiger partial charge is 0.326 e. The smallest absolute Gasteiger partial charge is 0.229 e. The summed E-state index contributed by atoms with van der Waals surface area (Å²) < 4.78 is 16.9. The number of halogens is 1. The van der Waals surface area contributed by atoms with Gasteiger partial charge < -0.3 is 15.5 Å². The fraction of sp³-hybridized carbons (Fsp3) is 0.212. The zero-order valence-corrected chi connectivity index (χ0v) is 24.5. The minimum atomic E-state index is -0.407. The van der Waals surface area contributed by atoms with Crippen LogP contribution in [-0.2, 0) is 17.8 Å². The third-order valence-corrected chi connectivity index (χ3v) is 8.84. The number of allylic oxidation sites excluding steroid dienone is 1. The average molecular weight is 592 g/mol. The van der Waals surface area contributed by atoms with E-state index < -0.39 is 5.82 Å². The molecule has 0 saturated carbocycles. The first-order valence-corrected chi connectivity index (χ1v) is 15.3. The summed E-state index contributed by atoms with van der Waals surface area (Å²) in [6.07, 6.45) is 7.89. The number of rotatable bonds is 7. The molecular formula is C33H30FN7OS. The number of carbonyl (C=O) groups is 1. The lowest BCUT2D eigenvalue weighted by molar-refractivity contribution is -0.115. The van der Waals surface area contributed by atoms with Gasteiger partial charge in [0.25, 0.3) is 0 Å². The van der Waals surface area contributed by atoms with E-state index >= 15 is 4.39 Å². The Morgan fingerprint density at radius 1 is 1.07 bits per heavy atom. The maximum absolute atomic E-state index is 15.4. The quantitative estimate of drug-likeness (QED) is 0.218. The fourth-order valence-electron chi connectivity index (χ4n) is 5.67. The van der Waals surface area contributed by atoms with Crippen molar-refractivity contribution in [1.29, 1.82) is 0 Å². The van der Waals surface area contributed by atoms with Crippen LogP contribution < -0.4 is 10.6 Å². The maximum Gasteiger partial charge on any atom is 0.229 e. The molecule has 0 spiro atoms. The van der Waals surface area contributed by atoms with Crippen molar-refractivity contribution in [2.24, 2.45) is 0 Å². The van der Waals surface area contributed by atoms with Gasteiger partial charge in [-0.25, -0.2) is 18.9 Å². The first kappa shape index (κ1) is 27.3. The molecule has 2 aromatic carbocycles. The third kappa shape index (κ3) is 5.76. The summed E-state index contributed by atoms with van der Waals surface area (Å²) in [7, 11) is 2.12. The predicted octanol–water partition coefficient (Wildman–Crippen LogP) is 6.68. The third-order valence-electron chi connectivity index (χ3n) is 7.72. The molecule has 2 N–H and O–H groups in total. The first-order valence-electron chi connectivity index (χ1n) is 14.3. The van der Waals surface area contributed by atoms with Gasteiger partial charge in [0.2, 0.25) is 11.9 Å². The lowest BCUT2D eigenvalue weighted by atomic mass is 9.99. The number of likely N-dealkylation sites (N-methyl/N-ethyl adjacent to an activating group) is 1. The van der Waals surface area contributed by atoms with Crippen molar-refractivity contribution in [1.82, 2.24) is 24.5 Å². The Balaban J connectivity index is 1.23. The van der Waals surface area contributed by atoms with Crippen LogP contribution in [0.2, 0.25) is 0 Å². The molecule has 0 atom stereocenters. The summed E-state index contributed by atoms with van der Waals surface area (Å²) in [5, 5.41) is 11.1. The van der Waals surface area contributed by atoms with E-state index in [-0.39, 0.29) is 5.91 Å². The fourth-order valence-corrected chi connectivity index (χ4v) is 6.63. The number of benzene rings is 2. The number of hydrogen-bond acceptors (Lipinski definition) is 7. The van der Waals surface area contributed by atoms with Crippen LogP contribution in [0.15, 0.2) is 84.0 Å². The van der Waals surface area contributed by atoms with Gasteiger partial charge in [0.15, 0.2) is 0 Å². The molecule has 0 bridgehead atoms. The summed E-state index contributed by atoms with van der Waals surface area (Å²) in [6.45, 7) is 1.95. The van der Waals surface area contributed by atoms with Crippen LogP contribution in [0.1, 0.15) is 24.0 Å². The second kappa shape index (κ2) is 11.6. The van der Waals surface area contributed by atoms with Crippen LogP contribution in [0.4, 0.5) is 21.7 Å². The lowest BCUT2D eigenvalue weighted by Gasteiger charge is -2.25. The Kier molecular flexibility index (Phi) is 7.38. The van der Waals surface area contributed by atoms with Crippen molar-refractivity contribution in [3.05, 3.63) is 101 Å². The highest BCUT2D eigenvalue weighted by Gasteiger charge is 2.22. The molecule has 7 rings (SSSR count). The van der Waals surface area contributed by atoms with E-state index in [0.29, 0.717) is 40.5 Å². The molecule has 3 aromatic heterocycles. The van der Waals surface area contributed by atoms with Gasteiger partial charge in [0, 0.05) is 48.2 Å². The summed E-state index contributed by atoms with van der Waals surface area (Å²) >= 11 is 1.72. The summed E-state index contributed by atoms with van der Waals surface area (Å²) in [4.78, 5) is 25.4. The van der Waals surface area contributed by atoms with Gasteiger partial charge in [0.1, 0.15) is 17.0 Å². The zero-order valence-electron chi connectivity index (χ0n) is 23.7. The average Bonchev–Trinajstić information content (AvgIpc) is 3.66. The number of carbonyl (C=O) groups excluding carboxylic acids is 1. The van der Waals surface area contributed by atoms with Gasteiger partial charge in [-0.2, -0.15) is 5.10 Å². The second-order valence-electron chi connectivity index (χ2n) is 10.8. The number of fused-ring (bicyclic) bond motifs is 2. The maximum atomic E-state index is 15.4. The number of thioether (sulfide) groups is 1. The Bertz CT molecular complexity index is 1880. The highest BCUT2D eigenvalue weighted by molar-refractivity contribution is 8.03. The molecule has 43 heavy (non-hydrogen) atoms. The molecule has 2 aliphatic rings. The lowest BCUT2D eigenvalue weighted by Crippen LogP contribution is -2.26.